The molecule has 0 amide bonds. The fourth-order valence-electron chi connectivity index (χ4n) is 0. The van der Waals surface area contributed by atoms with Gasteiger partial charge in [0.15, 0.2) is 0 Å². The Kier molecular flexibility index (Phi) is 71.1. The second-order valence-corrected chi connectivity index (χ2v) is 0. The Morgan fingerprint density at radius 1 is 1.25 bits per heavy atom. The van der Waals surface area contributed by atoms with Gasteiger partial charge in [0.05, 0.1) is 0 Å². The summed E-state index contributed by atoms with van der Waals surface area (Å²) in [5.74, 6) is 0. The molecule has 0 atom stereocenters. The first-order chi connectivity index (χ1) is 1.00. The van der Waals surface area contributed by atoms with E-state index in [1.165, 1.54) is 0 Å². The third kappa shape index (κ3) is 8.82. The first kappa shape index (κ1) is 16.0. The summed E-state index contributed by atoms with van der Waals surface area (Å²) >= 11 is 0.125. The van der Waals surface area contributed by atoms with Gasteiger partial charge in [0.25, 0.3) is 0 Å². The second-order valence-electron chi connectivity index (χ2n) is 0. The van der Waals surface area contributed by atoms with E-state index >= 15 is 0 Å². The zero-order valence-electron chi connectivity index (χ0n) is 1.39. The molecule has 0 saturated heterocycles. The average Bonchev–Trinajstić information content (AvgIpc) is 1.00. The number of hydrogen-bond acceptors (Lipinski definition) is 1. The smallest absolute Gasteiger partial charge is 0 e. The molecule has 0 saturated carbocycles. The summed E-state index contributed by atoms with van der Waals surface area (Å²) in [5.41, 5.74) is 0. The van der Waals surface area contributed by atoms with E-state index in [1.54, 1.807) is 0 Å². The van der Waals surface area contributed by atoms with Gasteiger partial charge in [0.2, 0.25) is 0 Å². The zero-order chi connectivity index (χ0) is 2.00. The maximum atomic E-state index is 8.38. The van der Waals surface area contributed by atoms with Gasteiger partial charge in [-0.25, -0.2) is 0 Å². The van der Waals surface area contributed by atoms with Crippen molar-refractivity contribution in [1.29, 1.82) is 0 Å². The van der Waals surface area contributed by atoms with Gasteiger partial charge in [-0.05, 0) is 0 Å². The normalized spacial score (nSPS) is 1.50. The fourth-order valence-corrected chi connectivity index (χ4v) is 0. The largest absolute Gasteiger partial charge is 0 e. The van der Waals surface area contributed by atoms with E-state index in [1.807, 2.05) is 0 Å². The molecule has 4 heteroatoms. The van der Waals surface area contributed by atoms with Crippen molar-refractivity contribution in [2.24, 2.45) is 0 Å². The van der Waals surface area contributed by atoms with Gasteiger partial charge in [-0.2, -0.15) is 0 Å². The standard InChI is InChI=1S/In.O.Tm.Zn.3H. The summed E-state index contributed by atoms with van der Waals surface area (Å²) in [5, 5.41) is 0. The van der Waals surface area contributed by atoms with Crippen LogP contribution in [-0.4, -0.2) is 25.8 Å². The average molecular weight is 368 g/mol. The van der Waals surface area contributed by atoms with Gasteiger partial charge in [-0.15, -0.1) is 0 Å². The van der Waals surface area contributed by atoms with E-state index in [0.717, 1.165) is 0 Å². The first-order valence-electron chi connectivity index (χ1n) is 0.289. The Morgan fingerprint density at radius 2 is 1.25 bits per heavy atom. The Balaban J connectivity index is -0.00000000500. The summed E-state index contributed by atoms with van der Waals surface area (Å²) < 4.78 is 8.38. The van der Waals surface area contributed by atoms with Gasteiger partial charge in [0, 0.05) is 36.9 Å². The Hall–Kier alpha value is 2.53. The minimum atomic E-state index is 0. The van der Waals surface area contributed by atoms with Crippen LogP contribution in [0.5, 0.6) is 0 Å². The molecule has 0 aromatic heterocycles. The van der Waals surface area contributed by atoms with Crippen molar-refractivity contribution >= 4 is 25.8 Å². The van der Waals surface area contributed by atoms with Crippen LogP contribution in [0.15, 0.2) is 0 Å². The van der Waals surface area contributed by atoms with Crippen LogP contribution in [0.1, 0.15) is 0 Å². The molecule has 0 aromatic carbocycles. The topological polar surface area (TPSA) is 17.1 Å². The first-order valence-corrected chi connectivity index (χ1v) is 1.50. The maximum absolute atomic E-state index is 8.38. The van der Waals surface area contributed by atoms with Crippen molar-refractivity contribution in [1.82, 2.24) is 0 Å². The third-order valence-electron chi connectivity index (χ3n) is 0. The van der Waals surface area contributed by atoms with E-state index in [9.17, 15) is 0 Å². The molecule has 27 valence electrons. The van der Waals surface area contributed by atoms with Gasteiger partial charge in [-0.3, -0.25) is 0 Å². The van der Waals surface area contributed by atoms with Crippen molar-refractivity contribution in [2.75, 3.05) is 0 Å². The van der Waals surface area contributed by atoms with E-state index in [-0.39, 0.29) is 81.0 Å². The molecule has 0 bridgehead atoms. The molecule has 4 heavy (non-hydrogen) atoms. The predicted octanol–water partition coefficient (Wildman–Crippen LogP) is -1.31. The molecule has 0 fully saturated rings. The van der Waals surface area contributed by atoms with Crippen LogP contribution in [0.4, 0.5) is 0 Å². The van der Waals surface area contributed by atoms with Crippen molar-refractivity contribution in [3.8, 4) is 0 Å². The van der Waals surface area contributed by atoms with E-state index in [0.29, 0.717) is 0 Å². The van der Waals surface area contributed by atoms with Gasteiger partial charge < -0.3 is 0 Å². The summed E-state index contributed by atoms with van der Waals surface area (Å²) in [4.78, 5) is 0. The van der Waals surface area contributed by atoms with Crippen molar-refractivity contribution < 1.29 is 58.7 Å². The minimum Gasteiger partial charge on any atom is 0 e. The molecule has 1 nitrogen and oxygen atoms in total. The van der Waals surface area contributed by atoms with Crippen LogP contribution < -0.4 is 0 Å². The van der Waals surface area contributed by atoms with Gasteiger partial charge in [-0.1, -0.05) is 0 Å². The molecule has 0 unspecified atom stereocenters. The quantitative estimate of drug-likeness (QED) is 0.486. The molecule has 0 heterocycles. The fraction of sp³-hybridized carbons (Fsp3) is 0. The molecule has 0 N–H and O–H groups in total. The molecular weight excluding hydrogens is 365 g/mol. The Labute approximate surface area is 82.8 Å². The molecule has 0 aliphatic rings. The Morgan fingerprint density at radius 3 is 1.25 bits per heavy atom. The van der Waals surface area contributed by atoms with Crippen LogP contribution in [-0.2, 0) is 21.8 Å². The van der Waals surface area contributed by atoms with Crippen molar-refractivity contribution in [2.45, 2.75) is 0 Å². The van der Waals surface area contributed by atoms with E-state index in [2.05, 4.69) is 0 Å². The molecule has 0 spiro atoms. The molecular formula is H3InOTmZn. The number of rotatable bonds is 0. The summed E-state index contributed by atoms with van der Waals surface area (Å²) in [6.07, 6.45) is 0. The van der Waals surface area contributed by atoms with Crippen molar-refractivity contribution in [3.63, 3.8) is 0 Å². The van der Waals surface area contributed by atoms with Crippen LogP contribution in [0, 0.1) is 36.9 Å². The molecule has 0 aromatic rings. The molecule has 0 rings (SSSR count). The van der Waals surface area contributed by atoms with Gasteiger partial charge in [0.1, 0.15) is 0 Å². The van der Waals surface area contributed by atoms with Crippen LogP contribution in [0.25, 0.3) is 0 Å². The molecule has 0 aliphatic carbocycles. The predicted molar refractivity (Wildman–Crippen MR) is 10.6 cm³/mol. The SMILES string of the molecule is [InH3].[O]=[Zn].[Tm]. The Bertz CT molecular complexity index is 8.00. The maximum Gasteiger partial charge on any atom is 0 e. The monoisotopic (exact) mass is 367 g/mol. The molecule has 1 radical (unpaired) electrons. The van der Waals surface area contributed by atoms with Crippen molar-refractivity contribution in [3.05, 3.63) is 0 Å². The summed E-state index contributed by atoms with van der Waals surface area (Å²) in [6.45, 7) is 0. The molecule has 0 aliphatic heterocycles. The number of hydrogen-bond donors (Lipinski definition) is 0. The zero-order valence-corrected chi connectivity index (χ0v) is 6.14. The minimum absolute atomic E-state index is 0. The van der Waals surface area contributed by atoms with Crippen LogP contribution in [0.3, 0.4) is 0 Å². The summed E-state index contributed by atoms with van der Waals surface area (Å²) in [6, 6.07) is 0. The second kappa shape index (κ2) is 17.7. The van der Waals surface area contributed by atoms with E-state index in [4.69, 9.17) is 3.57 Å². The van der Waals surface area contributed by atoms with Gasteiger partial charge >= 0.3 is 47.7 Å². The summed E-state index contributed by atoms with van der Waals surface area (Å²) in [7, 11) is 0. The van der Waals surface area contributed by atoms with Crippen LogP contribution in [0.2, 0.25) is 0 Å². The van der Waals surface area contributed by atoms with Crippen LogP contribution >= 0.6 is 0 Å². The third-order valence-corrected chi connectivity index (χ3v) is 0. The van der Waals surface area contributed by atoms with E-state index < -0.39 is 0 Å².